The van der Waals surface area contributed by atoms with Gasteiger partial charge in [0.25, 0.3) is 0 Å². The van der Waals surface area contributed by atoms with Crippen molar-refractivity contribution in [3.8, 4) is 0 Å². The molecule has 2 atom stereocenters. The molecule has 19 heavy (non-hydrogen) atoms. The number of nitrogens with two attached hydrogens (primary N) is 1. The third-order valence-corrected chi connectivity index (χ3v) is 4.14. The van der Waals surface area contributed by atoms with Gasteiger partial charge in [-0.15, -0.1) is 0 Å². The Morgan fingerprint density at radius 3 is 2.79 bits per heavy atom. The largest absolute Gasteiger partial charge is 0.459 e. The second-order valence-electron chi connectivity index (χ2n) is 4.79. The zero-order valence-corrected chi connectivity index (χ0v) is 12.5. The van der Waals surface area contributed by atoms with Crippen molar-refractivity contribution < 1.29 is 14.3 Å². The lowest BCUT2D eigenvalue weighted by atomic mass is 9.95. The smallest absolute Gasteiger partial charge is 0.338 e. The van der Waals surface area contributed by atoms with Crippen LogP contribution in [0, 0.1) is 0 Å². The standard InChI is InChI=1S/C14H18BrNO3/c1-18-10-3-2-4-11(8-10)19-14(17)9-5-6-12(15)13(16)7-9/h5-7,10-11H,2-4,8,16H2,1H3. The number of ether oxygens (including phenoxy) is 2. The lowest BCUT2D eigenvalue weighted by Gasteiger charge is -2.27. The van der Waals surface area contributed by atoms with E-state index in [1.807, 2.05) is 0 Å². The number of hydrogen-bond donors (Lipinski definition) is 1. The van der Waals surface area contributed by atoms with E-state index in [1.54, 1.807) is 25.3 Å². The highest BCUT2D eigenvalue weighted by molar-refractivity contribution is 9.10. The van der Waals surface area contributed by atoms with Crippen LogP contribution in [0.5, 0.6) is 0 Å². The third-order valence-electron chi connectivity index (χ3n) is 3.42. The van der Waals surface area contributed by atoms with Gasteiger partial charge < -0.3 is 15.2 Å². The summed E-state index contributed by atoms with van der Waals surface area (Å²) in [4.78, 5) is 12.0. The monoisotopic (exact) mass is 327 g/mol. The van der Waals surface area contributed by atoms with Crippen molar-refractivity contribution in [2.24, 2.45) is 0 Å². The molecule has 0 aromatic heterocycles. The number of anilines is 1. The summed E-state index contributed by atoms with van der Waals surface area (Å²) in [6, 6.07) is 5.09. The topological polar surface area (TPSA) is 61.5 Å². The number of carbonyl (C=O) groups excluding carboxylic acids is 1. The average Bonchev–Trinajstić information content (AvgIpc) is 2.42. The van der Waals surface area contributed by atoms with Gasteiger partial charge in [0.15, 0.2) is 0 Å². The fraction of sp³-hybridized carbons (Fsp3) is 0.500. The maximum Gasteiger partial charge on any atom is 0.338 e. The molecule has 1 aromatic carbocycles. The van der Waals surface area contributed by atoms with Gasteiger partial charge in [-0.3, -0.25) is 0 Å². The number of rotatable bonds is 3. The summed E-state index contributed by atoms with van der Waals surface area (Å²) in [5.41, 5.74) is 6.78. The van der Waals surface area contributed by atoms with Crippen molar-refractivity contribution in [3.63, 3.8) is 0 Å². The van der Waals surface area contributed by atoms with Crippen LogP contribution in [-0.4, -0.2) is 25.3 Å². The molecular formula is C14H18BrNO3. The molecule has 5 heteroatoms. The molecule has 0 spiro atoms. The number of hydrogen-bond acceptors (Lipinski definition) is 4. The Bertz CT molecular complexity index is 464. The van der Waals surface area contributed by atoms with Crippen LogP contribution < -0.4 is 5.73 Å². The Morgan fingerprint density at radius 1 is 1.37 bits per heavy atom. The van der Waals surface area contributed by atoms with Crippen LogP contribution >= 0.6 is 15.9 Å². The number of benzene rings is 1. The third kappa shape index (κ3) is 3.70. The Balaban J connectivity index is 1.98. The molecule has 0 heterocycles. The average molecular weight is 328 g/mol. The Labute approximate surface area is 121 Å². The first kappa shape index (κ1) is 14.3. The van der Waals surface area contributed by atoms with E-state index in [0.29, 0.717) is 11.3 Å². The van der Waals surface area contributed by atoms with Crippen LogP contribution in [0.1, 0.15) is 36.0 Å². The quantitative estimate of drug-likeness (QED) is 0.684. The van der Waals surface area contributed by atoms with Crippen molar-refractivity contribution in [2.45, 2.75) is 37.9 Å². The van der Waals surface area contributed by atoms with Gasteiger partial charge in [-0.05, 0) is 53.4 Å². The molecule has 4 nitrogen and oxygen atoms in total. The molecule has 0 bridgehead atoms. The molecule has 2 rings (SSSR count). The van der Waals surface area contributed by atoms with Crippen LogP contribution in [0.4, 0.5) is 5.69 Å². The van der Waals surface area contributed by atoms with Crippen molar-refractivity contribution in [1.29, 1.82) is 0 Å². The van der Waals surface area contributed by atoms with Crippen LogP contribution in [-0.2, 0) is 9.47 Å². The predicted octanol–water partition coefficient (Wildman–Crippen LogP) is 3.15. The number of esters is 1. The predicted molar refractivity (Wildman–Crippen MR) is 77.0 cm³/mol. The minimum atomic E-state index is -0.319. The summed E-state index contributed by atoms with van der Waals surface area (Å²) in [5.74, 6) is -0.319. The molecule has 1 aliphatic carbocycles. The highest BCUT2D eigenvalue weighted by atomic mass is 79.9. The molecule has 2 N–H and O–H groups in total. The molecule has 2 unspecified atom stereocenters. The molecular weight excluding hydrogens is 310 g/mol. The fourth-order valence-electron chi connectivity index (χ4n) is 2.31. The van der Waals surface area contributed by atoms with Gasteiger partial charge in [0.2, 0.25) is 0 Å². The second kappa shape index (κ2) is 6.39. The molecule has 104 valence electrons. The SMILES string of the molecule is COC1CCCC(OC(=O)c2ccc(Br)c(N)c2)C1. The van der Waals surface area contributed by atoms with Crippen molar-refractivity contribution in [1.82, 2.24) is 0 Å². The molecule has 1 aromatic rings. The van der Waals surface area contributed by atoms with Crippen molar-refractivity contribution >= 4 is 27.6 Å². The molecule has 1 saturated carbocycles. The molecule has 0 aliphatic heterocycles. The number of methoxy groups -OCH3 is 1. The van der Waals surface area contributed by atoms with E-state index < -0.39 is 0 Å². The van der Waals surface area contributed by atoms with Gasteiger partial charge in [-0.1, -0.05) is 0 Å². The molecule has 0 radical (unpaired) electrons. The van der Waals surface area contributed by atoms with Gasteiger partial charge >= 0.3 is 5.97 Å². The zero-order chi connectivity index (χ0) is 13.8. The van der Waals surface area contributed by atoms with Crippen molar-refractivity contribution in [2.75, 3.05) is 12.8 Å². The second-order valence-corrected chi connectivity index (χ2v) is 5.64. The van der Waals surface area contributed by atoms with Gasteiger partial charge in [0, 0.05) is 23.7 Å². The number of halogens is 1. The molecule has 0 amide bonds. The summed E-state index contributed by atoms with van der Waals surface area (Å²) in [5, 5.41) is 0. The zero-order valence-electron chi connectivity index (χ0n) is 10.9. The van der Waals surface area contributed by atoms with Crippen molar-refractivity contribution in [3.05, 3.63) is 28.2 Å². The van der Waals surface area contributed by atoms with E-state index in [1.165, 1.54) is 0 Å². The normalized spacial score (nSPS) is 23.1. The van der Waals surface area contributed by atoms with E-state index in [2.05, 4.69) is 15.9 Å². The summed E-state index contributed by atoms with van der Waals surface area (Å²) >= 11 is 3.30. The maximum absolute atomic E-state index is 12.0. The molecule has 0 saturated heterocycles. The Morgan fingerprint density at radius 2 is 2.11 bits per heavy atom. The van der Waals surface area contributed by atoms with E-state index in [9.17, 15) is 4.79 Å². The fourth-order valence-corrected chi connectivity index (χ4v) is 2.56. The number of nitrogen functional groups attached to an aromatic ring is 1. The van der Waals surface area contributed by atoms with Gasteiger partial charge in [-0.2, -0.15) is 0 Å². The maximum atomic E-state index is 12.0. The van der Waals surface area contributed by atoms with E-state index >= 15 is 0 Å². The Kier molecular flexibility index (Phi) is 4.82. The summed E-state index contributed by atoms with van der Waals surface area (Å²) in [6.45, 7) is 0. The summed E-state index contributed by atoms with van der Waals surface area (Å²) in [7, 11) is 1.70. The van der Waals surface area contributed by atoms with Crippen LogP contribution in [0.2, 0.25) is 0 Å². The van der Waals surface area contributed by atoms with Gasteiger partial charge in [0.05, 0.1) is 11.7 Å². The Hall–Kier alpha value is -1.07. The summed E-state index contributed by atoms with van der Waals surface area (Å²) < 4.78 is 11.6. The minimum absolute atomic E-state index is 0.0592. The highest BCUT2D eigenvalue weighted by Crippen LogP contribution is 2.25. The van der Waals surface area contributed by atoms with Gasteiger partial charge in [0.1, 0.15) is 6.10 Å². The van der Waals surface area contributed by atoms with Gasteiger partial charge in [-0.25, -0.2) is 4.79 Å². The first-order valence-electron chi connectivity index (χ1n) is 6.39. The highest BCUT2D eigenvalue weighted by Gasteiger charge is 2.25. The first-order valence-corrected chi connectivity index (χ1v) is 7.18. The van der Waals surface area contributed by atoms with Crippen LogP contribution in [0.25, 0.3) is 0 Å². The van der Waals surface area contributed by atoms with E-state index in [-0.39, 0.29) is 18.2 Å². The molecule has 1 aliphatic rings. The lowest BCUT2D eigenvalue weighted by Crippen LogP contribution is -2.29. The lowest BCUT2D eigenvalue weighted by molar-refractivity contribution is -0.0149. The number of carbonyl (C=O) groups is 1. The molecule has 1 fully saturated rings. The van der Waals surface area contributed by atoms with E-state index in [4.69, 9.17) is 15.2 Å². The minimum Gasteiger partial charge on any atom is -0.459 e. The van der Waals surface area contributed by atoms with E-state index in [0.717, 1.165) is 30.2 Å². The van der Waals surface area contributed by atoms with Crippen LogP contribution in [0.15, 0.2) is 22.7 Å². The van der Waals surface area contributed by atoms with Crippen LogP contribution in [0.3, 0.4) is 0 Å². The summed E-state index contributed by atoms with van der Waals surface area (Å²) in [6.07, 6.45) is 3.87. The first-order chi connectivity index (χ1) is 9.10.